The van der Waals surface area contributed by atoms with Gasteiger partial charge in [-0.15, -0.1) is 0 Å². The Morgan fingerprint density at radius 2 is 1.85 bits per heavy atom. The molecule has 0 saturated carbocycles. The summed E-state index contributed by atoms with van der Waals surface area (Å²) in [6, 6.07) is 0.407. The number of nitrogens with one attached hydrogen (secondary N) is 1. The molecule has 20 heavy (non-hydrogen) atoms. The standard InChI is InChI=1S/C13H19N3O4/c1-15-9-2-3-10(15)8-16(7-6-9)13(20)14-11(17)4-5-12(18)19/h4-5,9-10H,2-3,6-8H2,1H3,(H,18,19)(H,14,17,20). The van der Waals surface area contributed by atoms with Crippen LogP contribution in [0.2, 0.25) is 0 Å². The molecule has 2 unspecified atom stereocenters. The van der Waals surface area contributed by atoms with Crippen LogP contribution in [-0.4, -0.2) is 65.0 Å². The molecule has 0 aromatic carbocycles. The molecule has 0 radical (unpaired) electrons. The zero-order valence-corrected chi connectivity index (χ0v) is 11.4. The molecule has 0 aliphatic carbocycles. The molecule has 2 aliphatic rings. The Morgan fingerprint density at radius 3 is 2.55 bits per heavy atom. The maximum atomic E-state index is 12.0. The van der Waals surface area contributed by atoms with Gasteiger partial charge >= 0.3 is 12.0 Å². The quantitative estimate of drug-likeness (QED) is 0.697. The predicted octanol–water partition coefficient (Wildman–Crippen LogP) is 0.0319. The van der Waals surface area contributed by atoms with E-state index in [1.807, 2.05) is 0 Å². The second-order valence-electron chi connectivity index (χ2n) is 5.25. The van der Waals surface area contributed by atoms with Crippen molar-refractivity contribution in [3.63, 3.8) is 0 Å². The molecule has 3 amide bonds. The molecule has 0 aromatic heterocycles. The van der Waals surface area contributed by atoms with E-state index in [4.69, 9.17) is 5.11 Å². The molecular formula is C13H19N3O4. The summed E-state index contributed by atoms with van der Waals surface area (Å²) in [5.41, 5.74) is 0. The van der Waals surface area contributed by atoms with Crippen molar-refractivity contribution in [2.75, 3.05) is 20.1 Å². The van der Waals surface area contributed by atoms with Gasteiger partial charge < -0.3 is 10.0 Å². The lowest BCUT2D eigenvalue weighted by molar-refractivity contribution is -0.131. The van der Waals surface area contributed by atoms with E-state index in [0.29, 0.717) is 31.2 Å². The number of carbonyl (C=O) groups is 3. The van der Waals surface area contributed by atoms with E-state index in [1.54, 1.807) is 4.90 Å². The Kier molecular flexibility index (Phi) is 4.39. The highest BCUT2D eigenvalue weighted by Gasteiger charge is 2.36. The van der Waals surface area contributed by atoms with Crippen LogP contribution in [-0.2, 0) is 9.59 Å². The van der Waals surface area contributed by atoms with E-state index in [9.17, 15) is 14.4 Å². The van der Waals surface area contributed by atoms with Crippen molar-refractivity contribution >= 4 is 17.9 Å². The first-order valence-corrected chi connectivity index (χ1v) is 6.70. The number of imide groups is 1. The fourth-order valence-corrected chi connectivity index (χ4v) is 2.87. The van der Waals surface area contributed by atoms with Crippen LogP contribution in [0.25, 0.3) is 0 Å². The van der Waals surface area contributed by atoms with Crippen molar-refractivity contribution in [2.45, 2.75) is 31.3 Å². The molecular weight excluding hydrogens is 262 g/mol. The molecule has 2 atom stereocenters. The second kappa shape index (κ2) is 6.04. The van der Waals surface area contributed by atoms with Crippen LogP contribution in [0.5, 0.6) is 0 Å². The fraction of sp³-hybridized carbons (Fsp3) is 0.615. The molecule has 2 N–H and O–H groups in total. The average Bonchev–Trinajstić information content (AvgIpc) is 2.60. The number of carboxylic acid groups (broad SMARTS) is 1. The maximum Gasteiger partial charge on any atom is 0.328 e. The SMILES string of the molecule is CN1C2CCC1CN(C(=O)NC(=O)C=CC(=O)O)CC2. The van der Waals surface area contributed by atoms with Gasteiger partial charge in [0, 0.05) is 37.3 Å². The zero-order valence-electron chi connectivity index (χ0n) is 11.4. The summed E-state index contributed by atoms with van der Waals surface area (Å²) in [5, 5.41) is 10.6. The molecule has 7 nitrogen and oxygen atoms in total. The molecule has 2 aliphatic heterocycles. The number of urea groups is 1. The molecule has 2 fully saturated rings. The Hall–Kier alpha value is -1.89. The van der Waals surface area contributed by atoms with E-state index in [0.717, 1.165) is 25.3 Å². The van der Waals surface area contributed by atoms with Gasteiger partial charge in [0.1, 0.15) is 0 Å². The van der Waals surface area contributed by atoms with Crippen molar-refractivity contribution < 1.29 is 19.5 Å². The second-order valence-corrected chi connectivity index (χ2v) is 5.25. The summed E-state index contributed by atoms with van der Waals surface area (Å²) in [5.74, 6) is -1.93. The van der Waals surface area contributed by atoms with Crippen LogP contribution < -0.4 is 5.32 Å². The molecule has 110 valence electrons. The van der Waals surface area contributed by atoms with E-state index in [2.05, 4.69) is 17.3 Å². The predicted molar refractivity (Wildman–Crippen MR) is 71.1 cm³/mol. The molecule has 2 saturated heterocycles. The van der Waals surface area contributed by atoms with E-state index in [-0.39, 0.29) is 0 Å². The molecule has 7 heteroatoms. The van der Waals surface area contributed by atoms with Gasteiger partial charge in [-0.3, -0.25) is 15.0 Å². The number of carboxylic acids is 1. The maximum absolute atomic E-state index is 12.0. The zero-order chi connectivity index (χ0) is 14.7. The Bertz CT molecular complexity index is 449. The molecule has 2 bridgehead atoms. The van der Waals surface area contributed by atoms with E-state index in [1.165, 1.54) is 0 Å². The number of hydrogen-bond acceptors (Lipinski definition) is 4. The minimum atomic E-state index is -1.22. The lowest BCUT2D eigenvalue weighted by Gasteiger charge is -2.25. The van der Waals surface area contributed by atoms with Crippen molar-refractivity contribution in [3.05, 3.63) is 12.2 Å². The van der Waals surface area contributed by atoms with Crippen LogP contribution in [0.3, 0.4) is 0 Å². The van der Waals surface area contributed by atoms with Gasteiger partial charge in [0.2, 0.25) is 0 Å². The number of rotatable bonds is 2. The highest BCUT2D eigenvalue weighted by molar-refractivity contribution is 6.02. The fourth-order valence-electron chi connectivity index (χ4n) is 2.87. The lowest BCUT2D eigenvalue weighted by atomic mass is 10.1. The van der Waals surface area contributed by atoms with Crippen LogP contribution in [0.15, 0.2) is 12.2 Å². The van der Waals surface area contributed by atoms with Crippen molar-refractivity contribution in [2.24, 2.45) is 0 Å². The minimum Gasteiger partial charge on any atom is -0.478 e. The molecule has 2 heterocycles. The Morgan fingerprint density at radius 1 is 1.15 bits per heavy atom. The lowest BCUT2D eigenvalue weighted by Crippen LogP contribution is -2.46. The van der Waals surface area contributed by atoms with Gasteiger partial charge in [0.15, 0.2) is 0 Å². The highest BCUT2D eigenvalue weighted by atomic mass is 16.4. The number of likely N-dealkylation sites (N-methyl/N-ethyl adjacent to an activating group) is 1. The van der Waals surface area contributed by atoms with Crippen LogP contribution in [0.1, 0.15) is 19.3 Å². The first-order valence-electron chi connectivity index (χ1n) is 6.70. The number of likely N-dealkylation sites (tertiary alicyclic amines) is 1. The monoisotopic (exact) mass is 281 g/mol. The Balaban J connectivity index is 1.90. The van der Waals surface area contributed by atoms with Crippen LogP contribution in [0.4, 0.5) is 4.79 Å². The summed E-state index contributed by atoms with van der Waals surface area (Å²) in [4.78, 5) is 37.6. The number of carbonyl (C=O) groups excluding carboxylic acids is 2. The third kappa shape index (κ3) is 3.36. The normalized spacial score (nSPS) is 26.6. The van der Waals surface area contributed by atoms with Gasteiger partial charge in [-0.25, -0.2) is 9.59 Å². The number of nitrogens with zero attached hydrogens (tertiary/aromatic N) is 2. The summed E-state index contributed by atoms with van der Waals surface area (Å²) in [7, 11) is 2.07. The average molecular weight is 281 g/mol. The number of fused-ring (bicyclic) bond motifs is 2. The molecule has 0 spiro atoms. The van der Waals surface area contributed by atoms with Crippen molar-refractivity contribution in [1.82, 2.24) is 15.1 Å². The third-order valence-electron chi connectivity index (χ3n) is 4.04. The Labute approximate surface area is 117 Å². The minimum absolute atomic E-state index is 0.345. The highest BCUT2D eigenvalue weighted by Crippen LogP contribution is 2.28. The molecule has 2 rings (SSSR count). The van der Waals surface area contributed by atoms with Crippen LogP contribution in [0, 0.1) is 0 Å². The van der Waals surface area contributed by atoms with Gasteiger partial charge in [-0.1, -0.05) is 0 Å². The topological polar surface area (TPSA) is 90.0 Å². The summed E-state index contributed by atoms with van der Waals surface area (Å²) >= 11 is 0. The van der Waals surface area contributed by atoms with Gasteiger partial charge in [0.25, 0.3) is 5.91 Å². The number of amides is 3. The van der Waals surface area contributed by atoms with Gasteiger partial charge in [0.05, 0.1) is 0 Å². The van der Waals surface area contributed by atoms with Gasteiger partial charge in [-0.05, 0) is 26.3 Å². The van der Waals surface area contributed by atoms with E-state index < -0.39 is 17.9 Å². The van der Waals surface area contributed by atoms with Crippen LogP contribution >= 0.6 is 0 Å². The van der Waals surface area contributed by atoms with Crippen molar-refractivity contribution in [3.8, 4) is 0 Å². The smallest absolute Gasteiger partial charge is 0.328 e. The summed E-state index contributed by atoms with van der Waals surface area (Å²) in [6.45, 7) is 1.22. The summed E-state index contributed by atoms with van der Waals surface area (Å²) < 4.78 is 0. The summed E-state index contributed by atoms with van der Waals surface area (Å²) in [6.07, 6.45) is 4.69. The third-order valence-corrected chi connectivity index (χ3v) is 4.04. The van der Waals surface area contributed by atoms with Crippen molar-refractivity contribution in [1.29, 1.82) is 0 Å². The first-order chi connectivity index (χ1) is 9.47. The van der Waals surface area contributed by atoms with E-state index >= 15 is 0 Å². The molecule has 0 aromatic rings. The van der Waals surface area contributed by atoms with Gasteiger partial charge in [-0.2, -0.15) is 0 Å². The first kappa shape index (κ1) is 14.5. The number of hydrogen-bond donors (Lipinski definition) is 2. The number of aliphatic carboxylic acids is 1. The largest absolute Gasteiger partial charge is 0.478 e.